The van der Waals surface area contributed by atoms with Crippen molar-refractivity contribution in [1.29, 1.82) is 0 Å². The molecule has 6 heteroatoms. The summed E-state index contributed by atoms with van der Waals surface area (Å²) in [6.07, 6.45) is 0. The van der Waals surface area contributed by atoms with E-state index in [4.69, 9.17) is 23.2 Å². The van der Waals surface area contributed by atoms with Crippen molar-refractivity contribution in [1.82, 2.24) is 9.97 Å². The number of rotatable bonds is 3. The Morgan fingerprint density at radius 2 is 1.83 bits per heavy atom. The molecule has 0 spiro atoms. The molecule has 1 saturated carbocycles. The summed E-state index contributed by atoms with van der Waals surface area (Å²) in [5, 5.41) is 3.99. The zero-order valence-corrected chi connectivity index (χ0v) is 15.0. The molecule has 2 atom stereocenters. The van der Waals surface area contributed by atoms with Crippen LogP contribution >= 0.6 is 23.2 Å². The number of aromatic nitrogens is 2. The second-order valence-electron chi connectivity index (χ2n) is 6.76. The number of aromatic amines is 1. The summed E-state index contributed by atoms with van der Waals surface area (Å²) >= 11 is 12.3. The Balaban J connectivity index is 1.95. The van der Waals surface area contributed by atoms with Crippen LogP contribution in [0.3, 0.4) is 0 Å². The van der Waals surface area contributed by atoms with Crippen molar-refractivity contribution in [2.75, 3.05) is 5.32 Å². The first kappa shape index (κ1) is 16.3. The van der Waals surface area contributed by atoms with Crippen molar-refractivity contribution in [2.45, 2.75) is 39.5 Å². The number of hydrogen-bond donors (Lipinski definition) is 2. The summed E-state index contributed by atoms with van der Waals surface area (Å²) in [5.41, 5.74) is 3.14. The molecule has 1 fully saturated rings. The zero-order valence-electron chi connectivity index (χ0n) is 13.5. The van der Waals surface area contributed by atoms with E-state index < -0.39 is 0 Å². The van der Waals surface area contributed by atoms with Gasteiger partial charge in [0.2, 0.25) is 11.9 Å². The number of hydrogen-bond acceptors (Lipinski definition) is 2. The van der Waals surface area contributed by atoms with Crippen LogP contribution in [0.15, 0.2) is 18.2 Å². The van der Waals surface area contributed by atoms with Gasteiger partial charge in [-0.2, -0.15) is 0 Å². The first-order valence-corrected chi connectivity index (χ1v) is 8.26. The minimum Gasteiger partial charge on any atom is -0.328 e. The van der Waals surface area contributed by atoms with E-state index in [1.165, 1.54) is 6.92 Å². The van der Waals surface area contributed by atoms with Gasteiger partial charge < -0.3 is 4.98 Å². The molecular formula is C17H19Cl2N3O. The number of imidazole rings is 1. The maximum absolute atomic E-state index is 11.2. The minimum atomic E-state index is -0.140. The predicted octanol–water partition coefficient (Wildman–Crippen LogP) is 4.89. The Bertz CT molecular complexity index is 762. The molecule has 1 aliphatic carbocycles. The van der Waals surface area contributed by atoms with E-state index in [0.717, 1.165) is 17.0 Å². The second kappa shape index (κ2) is 5.53. The first-order valence-electron chi connectivity index (χ1n) is 7.50. The average molecular weight is 352 g/mol. The van der Waals surface area contributed by atoms with Gasteiger partial charge in [0.15, 0.2) is 0 Å². The van der Waals surface area contributed by atoms with Gasteiger partial charge in [-0.25, -0.2) is 4.98 Å². The topological polar surface area (TPSA) is 57.8 Å². The van der Waals surface area contributed by atoms with Crippen molar-refractivity contribution in [3.05, 3.63) is 45.2 Å². The summed E-state index contributed by atoms with van der Waals surface area (Å²) in [7, 11) is 0. The van der Waals surface area contributed by atoms with Crippen molar-refractivity contribution in [3.63, 3.8) is 0 Å². The van der Waals surface area contributed by atoms with Gasteiger partial charge in [-0.3, -0.25) is 10.1 Å². The largest absolute Gasteiger partial charge is 0.328 e. The zero-order chi connectivity index (χ0) is 16.9. The Kier molecular flexibility index (Phi) is 3.93. The van der Waals surface area contributed by atoms with Gasteiger partial charge in [-0.1, -0.05) is 37.0 Å². The van der Waals surface area contributed by atoms with E-state index in [2.05, 4.69) is 29.1 Å². The molecule has 2 N–H and O–H groups in total. The minimum absolute atomic E-state index is 0.0570. The quantitative estimate of drug-likeness (QED) is 0.826. The van der Waals surface area contributed by atoms with Gasteiger partial charge in [-0.05, 0) is 42.0 Å². The van der Waals surface area contributed by atoms with Gasteiger partial charge in [0.1, 0.15) is 0 Å². The number of benzene rings is 1. The fourth-order valence-electron chi connectivity index (χ4n) is 3.53. The molecule has 1 heterocycles. The summed E-state index contributed by atoms with van der Waals surface area (Å²) in [6, 6.07) is 5.68. The van der Waals surface area contributed by atoms with Crippen LogP contribution in [0.4, 0.5) is 5.95 Å². The molecule has 1 aromatic heterocycles. The SMILES string of the molecule is CC(=O)Nc1nc([C@H]2[C@H](c3cc(Cl)cc(Cl)c3)C2(C)C)c(C)[nH]1. The van der Waals surface area contributed by atoms with E-state index in [-0.39, 0.29) is 17.2 Å². The molecule has 2 aromatic rings. The van der Waals surface area contributed by atoms with Crippen molar-refractivity contribution in [3.8, 4) is 0 Å². The third kappa shape index (κ3) is 2.98. The van der Waals surface area contributed by atoms with Crippen LogP contribution < -0.4 is 5.32 Å². The molecular weight excluding hydrogens is 333 g/mol. The lowest BCUT2D eigenvalue weighted by molar-refractivity contribution is -0.114. The van der Waals surface area contributed by atoms with E-state index in [1.807, 2.05) is 19.1 Å². The number of carbonyl (C=O) groups is 1. The Morgan fingerprint density at radius 1 is 1.22 bits per heavy atom. The van der Waals surface area contributed by atoms with Crippen LogP contribution in [0.1, 0.15) is 49.6 Å². The third-order valence-corrected chi connectivity index (χ3v) is 5.02. The lowest BCUT2D eigenvalue weighted by atomic mass is 10.0. The first-order chi connectivity index (χ1) is 10.7. The van der Waals surface area contributed by atoms with Crippen LogP contribution in [0.5, 0.6) is 0 Å². The summed E-state index contributed by atoms with van der Waals surface area (Å²) in [5.74, 6) is 0.913. The summed E-state index contributed by atoms with van der Waals surface area (Å²) < 4.78 is 0. The Morgan fingerprint density at radius 3 is 2.39 bits per heavy atom. The number of halogens is 2. The highest BCUT2D eigenvalue weighted by Gasteiger charge is 2.60. The van der Waals surface area contributed by atoms with Gasteiger partial charge in [0.25, 0.3) is 0 Å². The van der Waals surface area contributed by atoms with E-state index in [1.54, 1.807) is 6.07 Å². The standard InChI is InChI=1S/C17H19Cl2N3O/c1-8-15(22-16(20-8)21-9(2)23)14-13(17(14,3)4)10-5-11(18)7-12(19)6-10/h5-7,13-14H,1-4H3,(H2,20,21,22,23)/t13-,14+/m0/s1. The molecule has 1 amide bonds. The molecule has 1 aliphatic rings. The number of nitrogens with zero attached hydrogens (tertiary/aromatic N) is 1. The van der Waals surface area contributed by atoms with Crippen molar-refractivity contribution >= 4 is 35.1 Å². The Hall–Kier alpha value is -1.52. The van der Waals surface area contributed by atoms with Gasteiger partial charge in [0, 0.05) is 28.6 Å². The molecule has 3 rings (SSSR count). The molecule has 4 nitrogen and oxygen atoms in total. The van der Waals surface area contributed by atoms with Crippen LogP contribution in [0.2, 0.25) is 10.0 Å². The Labute approximate surface area is 145 Å². The average Bonchev–Trinajstić information content (AvgIpc) is 2.77. The molecule has 0 bridgehead atoms. The number of H-pyrrole nitrogens is 1. The third-order valence-electron chi connectivity index (χ3n) is 4.58. The van der Waals surface area contributed by atoms with Gasteiger partial charge in [-0.15, -0.1) is 0 Å². The highest BCUT2D eigenvalue weighted by Crippen LogP contribution is 2.70. The van der Waals surface area contributed by atoms with Crippen LogP contribution in [0.25, 0.3) is 0 Å². The molecule has 122 valence electrons. The van der Waals surface area contributed by atoms with Crippen LogP contribution in [-0.4, -0.2) is 15.9 Å². The highest BCUT2D eigenvalue weighted by molar-refractivity contribution is 6.34. The number of anilines is 1. The molecule has 23 heavy (non-hydrogen) atoms. The van der Waals surface area contributed by atoms with Crippen molar-refractivity contribution < 1.29 is 4.79 Å². The van der Waals surface area contributed by atoms with E-state index in [9.17, 15) is 4.79 Å². The van der Waals surface area contributed by atoms with Crippen molar-refractivity contribution in [2.24, 2.45) is 5.41 Å². The fraction of sp³-hybridized carbons (Fsp3) is 0.412. The molecule has 0 radical (unpaired) electrons. The maximum Gasteiger partial charge on any atom is 0.223 e. The van der Waals surface area contributed by atoms with Gasteiger partial charge in [0.05, 0.1) is 5.69 Å². The lowest BCUT2D eigenvalue weighted by Crippen LogP contribution is -2.07. The monoisotopic (exact) mass is 351 g/mol. The predicted molar refractivity (Wildman–Crippen MR) is 93.4 cm³/mol. The highest BCUT2D eigenvalue weighted by atomic mass is 35.5. The summed E-state index contributed by atoms with van der Waals surface area (Å²) in [4.78, 5) is 18.9. The lowest BCUT2D eigenvalue weighted by Gasteiger charge is -2.04. The molecule has 0 saturated heterocycles. The van der Waals surface area contributed by atoms with E-state index in [0.29, 0.717) is 21.9 Å². The molecule has 0 unspecified atom stereocenters. The fourth-order valence-corrected chi connectivity index (χ4v) is 4.07. The number of nitrogens with one attached hydrogen (secondary N) is 2. The molecule has 0 aliphatic heterocycles. The van der Waals surface area contributed by atoms with E-state index >= 15 is 0 Å². The number of amides is 1. The number of aryl methyl sites for hydroxylation is 1. The second-order valence-corrected chi connectivity index (χ2v) is 7.63. The van der Waals surface area contributed by atoms with Crippen LogP contribution in [-0.2, 0) is 4.79 Å². The number of carbonyl (C=O) groups excluding carboxylic acids is 1. The molecule has 1 aromatic carbocycles. The normalized spacial score (nSPS) is 22.0. The maximum atomic E-state index is 11.2. The van der Waals surface area contributed by atoms with Gasteiger partial charge >= 0.3 is 0 Å². The van der Waals surface area contributed by atoms with Crippen LogP contribution in [0, 0.1) is 12.3 Å². The smallest absolute Gasteiger partial charge is 0.223 e. The summed E-state index contributed by atoms with van der Waals surface area (Å²) in [6.45, 7) is 7.87.